The number of terminal acetylenes is 1. The van der Waals surface area contributed by atoms with Gasteiger partial charge >= 0.3 is 0 Å². The Labute approximate surface area is 151 Å². The minimum Gasteiger partial charge on any atom is -0.386 e. The highest BCUT2D eigenvalue weighted by Gasteiger charge is 2.51. The van der Waals surface area contributed by atoms with Gasteiger partial charge in [0.05, 0.1) is 11.0 Å². The molecule has 0 aliphatic heterocycles. The van der Waals surface area contributed by atoms with Crippen molar-refractivity contribution < 1.29 is 5.11 Å². The van der Waals surface area contributed by atoms with Crippen LogP contribution in [0.3, 0.4) is 0 Å². The number of hydrogen-bond donors (Lipinski definition) is 1. The van der Waals surface area contributed by atoms with E-state index in [0.717, 1.165) is 35.4 Å². The van der Waals surface area contributed by atoms with Crippen molar-refractivity contribution in [3.05, 3.63) is 64.1 Å². The van der Waals surface area contributed by atoms with Crippen molar-refractivity contribution in [3.8, 4) is 12.3 Å². The highest BCUT2D eigenvalue weighted by molar-refractivity contribution is 6.30. The summed E-state index contributed by atoms with van der Waals surface area (Å²) in [4.78, 5) is 0. The van der Waals surface area contributed by atoms with Crippen LogP contribution in [-0.2, 0) is 11.0 Å². The smallest absolute Gasteiger partial charge is 0.166 e. The van der Waals surface area contributed by atoms with Gasteiger partial charge < -0.3 is 5.11 Å². The van der Waals surface area contributed by atoms with E-state index >= 15 is 0 Å². The van der Waals surface area contributed by atoms with E-state index < -0.39 is 5.60 Å². The molecule has 2 heterocycles. The van der Waals surface area contributed by atoms with Gasteiger partial charge in [0.1, 0.15) is 5.82 Å². The molecule has 0 bridgehead atoms. The van der Waals surface area contributed by atoms with Crippen molar-refractivity contribution in [1.82, 2.24) is 14.6 Å². The Kier molecular flexibility index (Phi) is 3.44. The second kappa shape index (κ2) is 5.32. The first-order valence-electron chi connectivity index (χ1n) is 8.20. The number of hydrogen-bond acceptors (Lipinski definition) is 3. The normalized spacial score (nSPS) is 16.0. The molecule has 5 heteroatoms. The van der Waals surface area contributed by atoms with Gasteiger partial charge in [0.2, 0.25) is 0 Å². The Bertz CT molecular complexity index is 1020. The zero-order valence-electron chi connectivity index (χ0n) is 14.1. The molecule has 3 aromatic rings. The molecule has 1 aliphatic rings. The number of benzene rings is 1. The molecule has 126 valence electrons. The summed E-state index contributed by atoms with van der Waals surface area (Å²) in [6.45, 7) is 3.50. The third-order valence-corrected chi connectivity index (χ3v) is 5.16. The van der Waals surface area contributed by atoms with Crippen LogP contribution in [0.5, 0.6) is 0 Å². The molecule has 0 spiro atoms. The van der Waals surface area contributed by atoms with Crippen LogP contribution in [0.4, 0.5) is 0 Å². The monoisotopic (exact) mass is 351 g/mol. The van der Waals surface area contributed by atoms with Crippen molar-refractivity contribution >= 4 is 17.2 Å². The predicted octanol–water partition coefficient (Wildman–Crippen LogP) is 3.67. The van der Waals surface area contributed by atoms with Gasteiger partial charge in [-0.1, -0.05) is 29.7 Å². The first kappa shape index (κ1) is 16.1. The summed E-state index contributed by atoms with van der Waals surface area (Å²) >= 11 is 6.10. The van der Waals surface area contributed by atoms with E-state index in [1.165, 1.54) is 0 Å². The topological polar surface area (TPSA) is 50.4 Å². The van der Waals surface area contributed by atoms with E-state index in [4.69, 9.17) is 18.0 Å². The molecular formula is C20H18ClN3O. The average Bonchev–Trinajstić information content (AvgIpc) is 3.25. The first-order chi connectivity index (χ1) is 11.9. The Hall–Kier alpha value is -2.35. The molecule has 1 N–H and O–H groups in total. The van der Waals surface area contributed by atoms with E-state index in [0.29, 0.717) is 10.7 Å². The van der Waals surface area contributed by atoms with Crippen LogP contribution in [0, 0.1) is 12.3 Å². The summed E-state index contributed by atoms with van der Waals surface area (Å²) < 4.78 is 1.97. The third kappa shape index (κ3) is 2.43. The van der Waals surface area contributed by atoms with Crippen molar-refractivity contribution in [2.24, 2.45) is 0 Å². The molecule has 0 unspecified atom stereocenters. The molecule has 1 saturated carbocycles. The molecule has 1 fully saturated rings. The predicted molar refractivity (Wildman–Crippen MR) is 97.6 cm³/mol. The van der Waals surface area contributed by atoms with E-state index in [1.54, 1.807) is 13.8 Å². The van der Waals surface area contributed by atoms with Crippen molar-refractivity contribution in [2.75, 3.05) is 0 Å². The molecule has 4 rings (SSSR count). The van der Waals surface area contributed by atoms with Crippen LogP contribution < -0.4 is 0 Å². The van der Waals surface area contributed by atoms with Crippen LogP contribution in [-0.4, -0.2) is 19.7 Å². The van der Waals surface area contributed by atoms with E-state index in [-0.39, 0.29) is 5.41 Å². The lowest BCUT2D eigenvalue weighted by Crippen LogP contribution is -2.18. The zero-order valence-corrected chi connectivity index (χ0v) is 14.9. The van der Waals surface area contributed by atoms with Gasteiger partial charge in [0, 0.05) is 22.3 Å². The highest BCUT2D eigenvalue weighted by Crippen LogP contribution is 2.54. The Morgan fingerprint density at radius 3 is 2.68 bits per heavy atom. The highest BCUT2D eigenvalue weighted by atomic mass is 35.5. The third-order valence-electron chi connectivity index (χ3n) is 4.92. The average molecular weight is 352 g/mol. The van der Waals surface area contributed by atoms with Gasteiger partial charge in [-0.3, -0.25) is 4.40 Å². The number of fused-ring (bicyclic) bond motifs is 1. The summed E-state index contributed by atoms with van der Waals surface area (Å²) in [5.74, 6) is 3.60. The number of aliphatic hydroxyl groups is 1. The molecular weight excluding hydrogens is 334 g/mol. The summed E-state index contributed by atoms with van der Waals surface area (Å²) in [5.41, 5.74) is 2.03. The second-order valence-electron chi connectivity index (χ2n) is 7.11. The van der Waals surface area contributed by atoms with Crippen LogP contribution >= 0.6 is 11.6 Å². The van der Waals surface area contributed by atoms with Crippen LogP contribution in [0.25, 0.3) is 5.65 Å². The zero-order chi connectivity index (χ0) is 17.8. The molecule has 4 nitrogen and oxygen atoms in total. The molecule has 2 aromatic heterocycles. The molecule has 0 saturated heterocycles. The summed E-state index contributed by atoms with van der Waals surface area (Å²) in [7, 11) is 0. The standard InChI is InChI=1S/C20H18ClN3O/c1-4-13-12-14(21)7-8-15(13)20(9-10-20)18-23-22-17-16(19(2,3)25)6-5-11-24(17)18/h1,5-8,11-12,25H,9-10H2,2-3H3. The minimum atomic E-state index is -0.992. The summed E-state index contributed by atoms with van der Waals surface area (Å²) in [6, 6.07) is 9.47. The number of rotatable bonds is 3. The van der Waals surface area contributed by atoms with E-state index in [2.05, 4.69) is 16.1 Å². The minimum absolute atomic E-state index is 0.246. The fraction of sp³-hybridized carbons (Fsp3) is 0.300. The lowest BCUT2D eigenvalue weighted by molar-refractivity contribution is 0.0796. The summed E-state index contributed by atoms with van der Waals surface area (Å²) in [5, 5.41) is 19.9. The number of aromatic nitrogens is 3. The van der Waals surface area contributed by atoms with Crippen molar-refractivity contribution in [3.63, 3.8) is 0 Å². The SMILES string of the molecule is C#Cc1cc(Cl)ccc1C1(c2nnc3c(C(C)(C)O)cccn23)CC1. The molecule has 1 aliphatic carbocycles. The van der Waals surface area contributed by atoms with Gasteiger partial charge in [0.25, 0.3) is 0 Å². The van der Waals surface area contributed by atoms with Gasteiger partial charge in [-0.25, -0.2) is 0 Å². The number of halogens is 1. The lowest BCUT2D eigenvalue weighted by Gasteiger charge is -2.19. The maximum Gasteiger partial charge on any atom is 0.166 e. The quantitative estimate of drug-likeness (QED) is 0.732. The fourth-order valence-electron chi connectivity index (χ4n) is 3.51. The Morgan fingerprint density at radius 2 is 2.04 bits per heavy atom. The maximum atomic E-state index is 10.4. The maximum absolute atomic E-state index is 10.4. The van der Waals surface area contributed by atoms with Crippen LogP contribution in [0.2, 0.25) is 5.02 Å². The van der Waals surface area contributed by atoms with Gasteiger partial charge in [-0.2, -0.15) is 0 Å². The first-order valence-corrected chi connectivity index (χ1v) is 8.58. The number of pyridine rings is 1. The number of nitrogens with zero attached hydrogens (tertiary/aromatic N) is 3. The van der Waals surface area contributed by atoms with E-state index in [1.807, 2.05) is 40.9 Å². The second-order valence-corrected chi connectivity index (χ2v) is 7.55. The van der Waals surface area contributed by atoms with Crippen molar-refractivity contribution in [1.29, 1.82) is 0 Å². The molecule has 0 radical (unpaired) electrons. The van der Waals surface area contributed by atoms with Crippen LogP contribution in [0.15, 0.2) is 36.5 Å². The Morgan fingerprint density at radius 1 is 1.28 bits per heavy atom. The Balaban J connectivity index is 1.93. The largest absolute Gasteiger partial charge is 0.386 e. The summed E-state index contributed by atoms with van der Waals surface area (Å²) in [6.07, 6.45) is 9.55. The van der Waals surface area contributed by atoms with Crippen molar-refractivity contribution in [2.45, 2.75) is 37.7 Å². The van der Waals surface area contributed by atoms with Gasteiger partial charge in [-0.05, 0) is 50.5 Å². The van der Waals surface area contributed by atoms with E-state index in [9.17, 15) is 5.11 Å². The van der Waals surface area contributed by atoms with Crippen LogP contribution in [0.1, 0.15) is 49.2 Å². The molecule has 1 aromatic carbocycles. The molecule has 0 atom stereocenters. The fourth-order valence-corrected chi connectivity index (χ4v) is 3.68. The molecule has 0 amide bonds. The lowest BCUT2D eigenvalue weighted by atomic mass is 9.90. The van der Waals surface area contributed by atoms with Gasteiger partial charge in [0.15, 0.2) is 5.65 Å². The van der Waals surface area contributed by atoms with Gasteiger partial charge in [-0.15, -0.1) is 16.6 Å². The molecule has 25 heavy (non-hydrogen) atoms.